The highest BCUT2D eigenvalue weighted by molar-refractivity contribution is 5.55. The number of nitrogens with zero attached hydrogens (tertiary/aromatic N) is 7. The van der Waals surface area contributed by atoms with E-state index in [4.69, 9.17) is 14.2 Å². The van der Waals surface area contributed by atoms with Crippen molar-refractivity contribution in [2.45, 2.75) is 52.0 Å². The number of hydrogen-bond acceptors (Lipinski definition) is 8. The molecule has 0 aliphatic carbocycles. The van der Waals surface area contributed by atoms with E-state index in [1.165, 1.54) is 18.5 Å². The highest BCUT2D eigenvalue weighted by Crippen LogP contribution is 2.42. The van der Waals surface area contributed by atoms with Crippen LogP contribution in [0.2, 0.25) is 0 Å². The second-order valence-corrected chi connectivity index (χ2v) is 13.4. The summed E-state index contributed by atoms with van der Waals surface area (Å²) < 4.78 is 51.5. The molecular weight excluding hydrogens is 668 g/mol. The lowest BCUT2D eigenvalue weighted by Gasteiger charge is -2.37. The van der Waals surface area contributed by atoms with Crippen LogP contribution in [0, 0.1) is 17.6 Å². The van der Waals surface area contributed by atoms with Crippen molar-refractivity contribution in [3.05, 3.63) is 119 Å². The predicted octanol–water partition coefficient (Wildman–Crippen LogP) is 6.08. The first-order valence-corrected chi connectivity index (χ1v) is 17.3. The van der Waals surface area contributed by atoms with Gasteiger partial charge in [0.15, 0.2) is 0 Å². The van der Waals surface area contributed by atoms with Gasteiger partial charge in [-0.05, 0) is 74.9 Å². The van der Waals surface area contributed by atoms with Crippen molar-refractivity contribution >= 4 is 11.4 Å². The molecular formula is C39H47F2N7O4. The van der Waals surface area contributed by atoms with Crippen molar-refractivity contribution in [2.24, 2.45) is 5.92 Å². The number of halogens is 2. The second kappa shape index (κ2) is 15.7. The van der Waals surface area contributed by atoms with E-state index in [0.29, 0.717) is 25.2 Å². The molecule has 2 aromatic heterocycles. The zero-order valence-electron chi connectivity index (χ0n) is 29.1. The van der Waals surface area contributed by atoms with Crippen LogP contribution < -0.4 is 20.2 Å². The van der Waals surface area contributed by atoms with Gasteiger partial charge in [0.2, 0.25) is 0 Å². The third-order valence-corrected chi connectivity index (χ3v) is 10.3. The molecule has 11 nitrogen and oxygen atoms in total. The minimum absolute atomic E-state index is 0. The van der Waals surface area contributed by atoms with E-state index in [9.17, 15) is 13.6 Å². The SMILES string of the molecule is C.CO[C@@H](C)[C@H](C)n1ccn(-c2ccc(N3CCN(c4ccc(OC[C@@H]5CO[C@@](Cn6cncn6)(c6ccc(F)cc6F)C5)cc4)CC3)cc2)c1=O. The first-order chi connectivity index (χ1) is 24.7. The van der Waals surface area contributed by atoms with E-state index in [0.717, 1.165) is 55.1 Å². The third kappa shape index (κ3) is 7.61. The van der Waals surface area contributed by atoms with Gasteiger partial charge in [0.25, 0.3) is 0 Å². The number of piperazine rings is 1. The summed E-state index contributed by atoms with van der Waals surface area (Å²) in [6.07, 6.45) is 7.01. The number of ether oxygens (including phenoxy) is 3. The van der Waals surface area contributed by atoms with Crippen LogP contribution in [-0.4, -0.2) is 76.5 Å². The lowest BCUT2D eigenvalue weighted by Crippen LogP contribution is -2.46. The molecule has 276 valence electrons. The van der Waals surface area contributed by atoms with Crippen LogP contribution in [0.1, 0.15) is 39.3 Å². The average Bonchev–Trinajstić information content (AvgIpc) is 3.91. The number of anilines is 2. The molecule has 0 spiro atoms. The van der Waals surface area contributed by atoms with Crippen LogP contribution in [0.25, 0.3) is 5.69 Å². The number of hydrogen-bond donors (Lipinski definition) is 0. The Morgan fingerprint density at radius 1 is 0.923 bits per heavy atom. The molecule has 0 N–H and O–H groups in total. The molecule has 0 radical (unpaired) electrons. The van der Waals surface area contributed by atoms with Gasteiger partial charge in [-0.1, -0.05) is 13.5 Å². The summed E-state index contributed by atoms with van der Waals surface area (Å²) in [6, 6.07) is 19.8. The van der Waals surface area contributed by atoms with E-state index in [-0.39, 0.29) is 37.7 Å². The number of methoxy groups -OCH3 is 1. The highest BCUT2D eigenvalue weighted by Gasteiger charge is 2.44. The molecule has 5 aromatic rings. The summed E-state index contributed by atoms with van der Waals surface area (Å²) >= 11 is 0. The Morgan fingerprint density at radius 2 is 1.58 bits per heavy atom. The van der Waals surface area contributed by atoms with Crippen molar-refractivity contribution in [1.29, 1.82) is 0 Å². The van der Waals surface area contributed by atoms with E-state index < -0.39 is 17.2 Å². The van der Waals surface area contributed by atoms with Gasteiger partial charge in [-0.3, -0.25) is 9.13 Å². The smallest absolute Gasteiger partial charge is 0.333 e. The molecule has 2 aliphatic heterocycles. The van der Waals surface area contributed by atoms with Crippen molar-refractivity contribution < 1.29 is 23.0 Å². The molecule has 2 saturated heterocycles. The zero-order chi connectivity index (χ0) is 35.5. The quantitative estimate of drug-likeness (QED) is 0.154. The van der Waals surface area contributed by atoms with Crippen LogP contribution in [0.15, 0.2) is 96.6 Å². The molecule has 0 bridgehead atoms. The lowest BCUT2D eigenvalue weighted by molar-refractivity contribution is -0.0206. The van der Waals surface area contributed by atoms with Gasteiger partial charge in [-0.25, -0.2) is 23.2 Å². The maximum atomic E-state index is 15.0. The minimum atomic E-state index is -1.01. The number of benzene rings is 3. The van der Waals surface area contributed by atoms with Gasteiger partial charge in [0.05, 0.1) is 37.6 Å². The molecule has 3 aromatic carbocycles. The Balaban J connectivity index is 0.00000464. The molecule has 0 amide bonds. The van der Waals surface area contributed by atoms with Crippen molar-refractivity contribution in [1.82, 2.24) is 23.9 Å². The van der Waals surface area contributed by atoms with Gasteiger partial charge in [-0.2, -0.15) is 5.10 Å². The Morgan fingerprint density at radius 3 is 2.19 bits per heavy atom. The largest absolute Gasteiger partial charge is 0.493 e. The normalized spacial score (nSPS) is 20.1. The van der Waals surface area contributed by atoms with Crippen molar-refractivity contribution in [3.63, 3.8) is 0 Å². The summed E-state index contributed by atoms with van der Waals surface area (Å²) in [5.74, 6) is -0.535. The summed E-state index contributed by atoms with van der Waals surface area (Å²) in [7, 11) is 1.65. The monoisotopic (exact) mass is 715 g/mol. The zero-order valence-corrected chi connectivity index (χ0v) is 29.1. The van der Waals surface area contributed by atoms with E-state index in [1.54, 1.807) is 33.4 Å². The van der Waals surface area contributed by atoms with Crippen LogP contribution >= 0.6 is 0 Å². The summed E-state index contributed by atoms with van der Waals surface area (Å²) in [5, 5.41) is 4.19. The Labute approximate surface area is 303 Å². The molecule has 0 unspecified atom stereocenters. The first kappa shape index (κ1) is 36.8. The molecule has 2 aliphatic rings. The molecule has 0 saturated carbocycles. The van der Waals surface area contributed by atoms with E-state index >= 15 is 0 Å². The lowest BCUT2D eigenvalue weighted by atomic mass is 9.87. The number of aromatic nitrogens is 5. The van der Waals surface area contributed by atoms with Crippen molar-refractivity contribution in [3.8, 4) is 11.4 Å². The first-order valence-electron chi connectivity index (χ1n) is 17.3. The minimum Gasteiger partial charge on any atom is -0.493 e. The standard InChI is InChI=1S/C38H43F2N7O4.CH4/c1-27(28(2)49-3)46-18-19-47(37(46)48)33-7-5-31(6-8-33)43-14-16-44(17-15-43)32-9-11-34(12-10-32)50-22-29-21-38(51-23-29,24-45-26-41-25-42-45)35-13-4-30(39)20-36(35)40;/h4-13,18-20,25-29H,14-17,21-24H2,1-3H3;1H4/t27-,28-,29+,38-;/m0./s1. The summed E-state index contributed by atoms with van der Waals surface area (Å²) in [6.45, 7) is 8.43. The maximum Gasteiger partial charge on any atom is 0.333 e. The van der Waals surface area contributed by atoms with E-state index in [1.807, 2.05) is 44.3 Å². The average molecular weight is 716 g/mol. The molecule has 52 heavy (non-hydrogen) atoms. The molecule has 2 fully saturated rings. The molecule has 13 heteroatoms. The van der Waals surface area contributed by atoms with Crippen LogP contribution in [0.5, 0.6) is 5.75 Å². The Hall–Kier alpha value is -5.01. The summed E-state index contributed by atoms with van der Waals surface area (Å²) in [5.41, 5.74) is 2.28. The fourth-order valence-corrected chi connectivity index (χ4v) is 7.12. The molecule has 4 atom stereocenters. The van der Waals surface area contributed by atoms with Gasteiger partial charge >= 0.3 is 5.69 Å². The van der Waals surface area contributed by atoms with Crippen LogP contribution in [0.3, 0.4) is 0 Å². The van der Waals surface area contributed by atoms with E-state index in [2.05, 4.69) is 44.1 Å². The number of rotatable bonds is 12. The van der Waals surface area contributed by atoms with Crippen molar-refractivity contribution in [2.75, 3.05) is 56.3 Å². The Kier molecular flexibility index (Phi) is 11.1. The topological polar surface area (TPSA) is 91.8 Å². The molecule has 7 rings (SSSR count). The second-order valence-electron chi connectivity index (χ2n) is 13.4. The van der Waals surface area contributed by atoms with Gasteiger partial charge in [-0.15, -0.1) is 0 Å². The van der Waals surface area contributed by atoms with Crippen LogP contribution in [0.4, 0.5) is 20.2 Å². The molecule has 4 heterocycles. The Bertz CT molecular complexity index is 1960. The predicted molar refractivity (Wildman–Crippen MR) is 196 cm³/mol. The van der Waals surface area contributed by atoms with Gasteiger partial charge < -0.3 is 24.0 Å². The fraction of sp³-hybridized carbons (Fsp3) is 0.410. The fourth-order valence-electron chi connectivity index (χ4n) is 7.12. The summed E-state index contributed by atoms with van der Waals surface area (Å²) in [4.78, 5) is 21.8. The number of imidazole rings is 1. The van der Waals surface area contributed by atoms with Gasteiger partial charge in [0, 0.05) is 74.6 Å². The highest BCUT2D eigenvalue weighted by atomic mass is 19.1. The maximum absolute atomic E-state index is 15.0. The van der Waals surface area contributed by atoms with Gasteiger partial charge in [0.1, 0.15) is 35.6 Å². The third-order valence-electron chi connectivity index (χ3n) is 10.3. The van der Waals surface area contributed by atoms with Crippen LogP contribution in [-0.2, 0) is 21.6 Å².